The van der Waals surface area contributed by atoms with Crippen molar-refractivity contribution in [3.8, 4) is 0 Å². The molecule has 0 aromatic rings. The Morgan fingerprint density at radius 3 is 2.47 bits per heavy atom. The van der Waals surface area contributed by atoms with Crippen LogP contribution in [-0.2, 0) is 9.53 Å². The first kappa shape index (κ1) is 14.8. The Balaban J connectivity index is 1.83. The van der Waals surface area contributed by atoms with Gasteiger partial charge in [-0.25, -0.2) is 0 Å². The maximum absolute atomic E-state index is 12.4. The molecular formula is C14H26N2O3. The highest BCUT2D eigenvalue weighted by Crippen LogP contribution is 2.12. The third-order valence-electron chi connectivity index (χ3n) is 4.11. The fraction of sp³-hybridized carbons (Fsp3) is 0.929. The molecule has 0 spiro atoms. The molecule has 1 atom stereocenters. The third kappa shape index (κ3) is 4.44. The number of carbonyl (C=O) groups excluding carboxylic acids is 1. The number of aliphatic hydroxyl groups excluding tert-OH is 1. The van der Waals surface area contributed by atoms with Crippen molar-refractivity contribution in [2.75, 3.05) is 46.0 Å². The summed E-state index contributed by atoms with van der Waals surface area (Å²) < 4.78 is 5.34. The van der Waals surface area contributed by atoms with Crippen molar-refractivity contribution in [2.45, 2.75) is 38.1 Å². The van der Waals surface area contributed by atoms with E-state index in [1.807, 2.05) is 4.90 Å². The van der Waals surface area contributed by atoms with E-state index in [1.54, 1.807) is 0 Å². The Bertz CT molecular complexity index is 278. The van der Waals surface area contributed by atoms with Gasteiger partial charge in [-0.15, -0.1) is 0 Å². The van der Waals surface area contributed by atoms with Crippen LogP contribution in [0.25, 0.3) is 0 Å². The van der Waals surface area contributed by atoms with Crippen molar-refractivity contribution >= 4 is 5.91 Å². The monoisotopic (exact) mass is 270 g/mol. The standard InChI is InChI=1S/C14H26N2O3/c17-11-13-12-19-9-8-16(13)10-14(18)15-6-4-2-1-3-5-7-15/h13,17H,1-12H2. The first-order valence-electron chi connectivity index (χ1n) is 7.51. The van der Waals surface area contributed by atoms with Crippen LogP contribution in [0.4, 0.5) is 0 Å². The Kier molecular flexibility index (Phi) is 6.07. The average Bonchev–Trinajstić information content (AvgIpc) is 2.38. The van der Waals surface area contributed by atoms with Crippen LogP contribution in [-0.4, -0.2) is 72.9 Å². The van der Waals surface area contributed by atoms with Gasteiger partial charge in [0.15, 0.2) is 0 Å². The highest BCUT2D eigenvalue weighted by atomic mass is 16.5. The minimum absolute atomic E-state index is 0.0209. The zero-order chi connectivity index (χ0) is 13.5. The molecule has 0 saturated carbocycles. The van der Waals surface area contributed by atoms with Gasteiger partial charge in [0, 0.05) is 19.6 Å². The van der Waals surface area contributed by atoms with Crippen LogP contribution in [0.2, 0.25) is 0 Å². The van der Waals surface area contributed by atoms with Gasteiger partial charge in [-0.1, -0.05) is 19.3 Å². The summed E-state index contributed by atoms with van der Waals surface area (Å²) >= 11 is 0. The molecule has 2 aliphatic rings. The Hall–Kier alpha value is -0.650. The van der Waals surface area contributed by atoms with Crippen LogP contribution in [0.3, 0.4) is 0 Å². The van der Waals surface area contributed by atoms with Crippen LogP contribution in [0.15, 0.2) is 0 Å². The van der Waals surface area contributed by atoms with Gasteiger partial charge in [0.25, 0.3) is 0 Å². The molecule has 2 rings (SSSR count). The predicted octanol–water partition coefficient (Wildman–Crippen LogP) is 0.472. The van der Waals surface area contributed by atoms with E-state index in [9.17, 15) is 9.90 Å². The van der Waals surface area contributed by atoms with Crippen molar-refractivity contribution in [2.24, 2.45) is 0 Å². The maximum atomic E-state index is 12.4. The lowest BCUT2D eigenvalue weighted by Crippen LogP contribution is -2.52. The number of hydrogen-bond donors (Lipinski definition) is 1. The second kappa shape index (κ2) is 7.82. The van der Waals surface area contributed by atoms with Gasteiger partial charge in [-0.2, -0.15) is 0 Å². The van der Waals surface area contributed by atoms with Gasteiger partial charge in [0.05, 0.1) is 32.4 Å². The lowest BCUT2D eigenvalue weighted by atomic mass is 10.1. The van der Waals surface area contributed by atoms with E-state index in [4.69, 9.17) is 4.74 Å². The molecule has 110 valence electrons. The molecule has 0 aromatic heterocycles. The summed E-state index contributed by atoms with van der Waals surface area (Å²) in [5.41, 5.74) is 0. The van der Waals surface area contributed by atoms with Crippen molar-refractivity contribution in [3.63, 3.8) is 0 Å². The molecule has 0 aromatic carbocycles. The Morgan fingerprint density at radius 2 is 1.79 bits per heavy atom. The predicted molar refractivity (Wildman–Crippen MR) is 72.9 cm³/mol. The van der Waals surface area contributed by atoms with Gasteiger partial charge in [0.1, 0.15) is 0 Å². The van der Waals surface area contributed by atoms with Gasteiger partial charge >= 0.3 is 0 Å². The second-order valence-corrected chi connectivity index (χ2v) is 5.53. The van der Waals surface area contributed by atoms with Gasteiger partial charge in [-0.05, 0) is 12.8 Å². The average molecular weight is 270 g/mol. The molecule has 2 saturated heterocycles. The number of hydrogen-bond acceptors (Lipinski definition) is 4. The van der Waals surface area contributed by atoms with E-state index in [0.717, 1.165) is 32.5 Å². The van der Waals surface area contributed by atoms with E-state index in [0.29, 0.717) is 19.8 Å². The number of nitrogens with zero attached hydrogens (tertiary/aromatic N) is 2. The van der Waals surface area contributed by atoms with Gasteiger partial charge < -0.3 is 14.7 Å². The molecular weight excluding hydrogens is 244 g/mol. The molecule has 1 unspecified atom stereocenters. The molecule has 0 aliphatic carbocycles. The molecule has 2 heterocycles. The van der Waals surface area contributed by atoms with Gasteiger partial charge in [-0.3, -0.25) is 9.69 Å². The number of morpholine rings is 1. The van der Waals surface area contributed by atoms with Crippen LogP contribution in [0.5, 0.6) is 0 Å². The van der Waals surface area contributed by atoms with Crippen molar-refractivity contribution < 1.29 is 14.6 Å². The van der Waals surface area contributed by atoms with Crippen LogP contribution < -0.4 is 0 Å². The van der Waals surface area contributed by atoms with E-state index in [1.165, 1.54) is 19.3 Å². The molecule has 0 radical (unpaired) electrons. The molecule has 5 nitrogen and oxygen atoms in total. The van der Waals surface area contributed by atoms with E-state index < -0.39 is 0 Å². The molecule has 5 heteroatoms. The lowest BCUT2D eigenvalue weighted by molar-refractivity contribution is -0.135. The summed E-state index contributed by atoms with van der Waals surface area (Å²) in [5.74, 6) is 0.210. The van der Waals surface area contributed by atoms with E-state index >= 15 is 0 Å². The first-order chi connectivity index (χ1) is 9.31. The molecule has 2 fully saturated rings. The van der Waals surface area contributed by atoms with Crippen LogP contribution in [0, 0.1) is 0 Å². The van der Waals surface area contributed by atoms with Crippen molar-refractivity contribution in [3.05, 3.63) is 0 Å². The van der Waals surface area contributed by atoms with Gasteiger partial charge in [0.2, 0.25) is 5.91 Å². The highest BCUT2D eigenvalue weighted by molar-refractivity contribution is 5.78. The first-order valence-corrected chi connectivity index (χ1v) is 7.51. The lowest BCUT2D eigenvalue weighted by Gasteiger charge is -2.35. The Morgan fingerprint density at radius 1 is 1.11 bits per heavy atom. The maximum Gasteiger partial charge on any atom is 0.236 e. The molecule has 1 N–H and O–H groups in total. The number of aliphatic hydroxyl groups is 1. The zero-order valence-electron chi connectivity index (χ0n) is 11.7. The topological polar surface area (TPSA) is 53.0 Å². The molecule has 1 amide bonds. The molecule has 0 bridgehead atoms. The van der Waals surface area contributed by atoms with Crippen molar-refractivity contribution in [1.82, 2.24) is 9.80 Å². The fourth-order valence-electron chi connectivity index (χ4n) is 2.84. The number of ether oxygens (including phenoxy) is 1. The molecule has 19 heavy (non-hydrogen) atoms. The quantitative estimate of drug-likeness (QED) is 0.810. The number of amides is 1. The minimum atomic E-state index is -0.0209. The third-order valence-corrected chi connectivity index (χ3v) is 4.11. The molecule has 2 aliphatic heterocycles. The summed E-state index contributed by atoms with van der Waals surface area (Å²) in [7, 11) is 0. The smallest absolute Gasteiger partial charge is 0.236 e. The SMILES string of the molecule is O=C(CN1CCOCC1CO)N1CCCCCCC1. The summed E-state index contributed by atoms with van der Waals surface area (Å²) in [6.07, 6.45) is 6.02. The minimum Gasteiger partial charge on any atom is -0.395 e. The summed E-state index contributed by atoms with van der Waals surface area (Å²) in [6.45, 7) is 4.21. The zero-order valence-corrected chi connectivity index (χ0v) is 11.7. The number of rotatable bonds is 3. The summed E-state index contributed by atoms with van der Waals surface area (Å²) in [6, 6.07) is -0.0209. The van der Waals surface area contributed by atoms with Crippen LogP contribution >= 0.6 is 0 Å². The number of carbonyl (C=O) groups is 1. The largest absolute Gasteiger partial charge is 0.395 e. The summed E-state index contributed by atoms with van der Waals surface area (Å²) in [5, 5.41) is 9.32. The fourth-order valence-corrected chi connectivity index (χ4v) is 2.84. The number of likely N-dealkylation sites (tertiary alicyclic amines) is 1. The van der Waals surface area contributed by atoms with Crippen LogP contribution in [0.1, 0.15) is 32.1 Å². The Labute approximate surface area is 115 Å². The van der Waals surface area contributed by atoms with E-state index in [2.05, 4.69) is 4.90 Å². The van der Waals surface area contributed by atoms with E-state index in [-0.39, 0.29) is 18.6 Å². The highest BCUT2D eigenvalue weighted by Gasteiger charge is 2.26. The van der Waals surface area contributed by atoms with Crippen molar-refractivity contribution in [1.29, 1.82) is 0 Å². The summed E-state index contributed by atoms with van der Waals surface area (Å²) in [4.78, 5) is 16.4. The normalized spacial score (nSPS) is 26.8. The second-order valence-electron chi connectivity index (χ2n) is 5.53.